The van der Waals surface area contributed by atoms with Crippen molar-refractivity contribution in [2.75, 3.05) is 4.90 Å². The van der Waals surface area contributed by atoms with Gasteiger partial charge in [-0.15, -0.1) is 0 Å². The Bertz CT molecular complexity index is 1170. The summed E-state index contributed by atoms with van der Waals surface area (Å²) < 4.78 is 37.6. The normalized spacial score (nSPS) is 17.8. The Balaban J connectivity index is 1.62. The highest BCUT2D eigenvalue weighted by Crippen LogP contribution is 2.38. The molecular weight excluding hydrogens is 451 g/mol. The van der Waals surface area contributed by atoms with Gasteiger partial charge < -0.3 is 5.32 Å². The number of thioether (sulfide) groups is 1. The number of amides is 3. The maximum Gasteiger partial charge on any atom is 0.446 e. The molecule has 0 bridgehead atoms. The molecule has 3 amide bonds. The van der Waals surface area contributed by atoms with E-state index in [-0.39, 0.29) is 22.3 Å². The van der Waals surface area contributed by atoms with Gasteiger partial charge in [0.2, 0.25) is 0 Å². The molecule has 5 nitrogen and oxygen atoms in total. The van der Waals surface area contributed by atoms with E-state index in [0.29, 0.717) is 15.9 Å². The van der Waals surface area contributed by atoms with E-state index in [4.69, 9.17) is 11.6 Å². The largest absolute Gasteiger partial charge is 0.446 e. The topological polar surface area (TPSA) is 62.3 Å². The molecule has 10 heteroatoms. The summed E-state index contributed by atoms with van der Waals surface area (Å²) in [5.74, 6) is -0.919. The second-order valence-electron chi connectivity index (χ2n) is 6.97. The number of aromatic nitrogens is 1. The van der Waals surface area contributed by atoms with Crippen LogP contribution in [0.2, 0.25) is 5.02 Å². The van der Waals surface area contributed by atoms with Gasteiger partial charge in [0.1, 0.15) is 6.04 Å². The Morgan fingerprint density at radius 2 is 1.84 bits per heavy atom. The number of fused-ring (bicyclic) bond motifs is 1. The molecule has 160 valence electrons. The lowest BCUT2D eigenvalue weighted by molar-refractivity contribution is -0.118. The van der Waals surface area contributed by atoms with Crippen molar-refractivity contribution < 1.29 is 22.8 Å². The van der Waals surface area contributed by atoms with Gasteiger partial charge in [-0.25, -0.2) is 9.69 Å². The maximum atomic E-state index is 13.1. The average Bonchev–Trinajstić information content (AvgIpc) is 3.01. The van der Waals surface area contributed by atoms with Gasteiger partial charge in [0.05, 0.1) is 16.2 Å². The van der Waals surface area contributed by atoms with Crippen molar-refractivity contribution in [3.63, 3.8) is 0 Å². The third kappa shape index (κ3) is 4.20. The molecule has 2 unspecified atom stereocenters. The van der Waals surface area contributed by atoms with Crippen LogP contribution in [0.4, 0.5) is 23.7 Å². The first kappa shape index (κ1) is 21.5. The summed E-state index contributed by atoms with van der Waals surface area (Å²) in [6, 6.07) is 10.6. The first-order chi connectivity index (χ1) is 14.7. The van der Waals surface area contributed by atoms with Gasteiger partial charge in [0, 0.05) is 22.4 Å². The monoisotopic (exact) mass is 465 g/mol. The van der Waals surface area contributed by atoms with Crippen LogP contribution in [0.1, 0.15) is 18.4 Å². The Morgan fingerprint density at radius 3 is 2.52 bits per heavy atom. The lowest BCUT2D eigenvalue weighted by Crippen LogP contribution is -2.35. The molecule has 2 aromatic carbocycles. The number of nitrogens with zero attached hydrogens (tertiary/aromatic N) is 2. The number of hydrogen-bond donors (Lipinski definition) is 1. The highest BCUT2D eigenvalue weighted by molar-refractivity contribution is 8.00. The summed E-state index contributed by atoms with van der Waals surface area (Å²) in [6.07, 6.45) is 1.61. The third-order valence-corrected chi connectivity index (χ3v) is 6.09. The van der Waals surface area contributed by atoms with Gasteiger partial charge in [-0.1, -0.05) is 24.6 Å². The van der Waals surface area contributed by atoms with E-state index in [1.54, 1.807) is 37.4 Å². The molecule has 0 spiro atoms. The predicted molar refractivity (Wildman–Crippen MR) is 113 cm³/mol. The van der Waals surface area contributed by atoms with Crippen LogP contribution in [0, 0.1) is 0 Å². The molecule has 1 aliphatic heterocycles. The minimum atomic E-state index is -4.42. The fourth-order valence-electron chi connectivity index (χ4n) is 3.63. The van der Waals surface area contributed by atoms with E-state index in [0.717, 1.165) is 10.5 Å². The molecule has 0 radical (unpaired) electrons. The zero-order chi connectivity index (χ0) is 22.3. The van der Waals surface area contributed by atoms with Crippen molar-refractivity contribution in [3.8, 4) is 0 Å². The van der Waals surface area contributed by atoms with Crippen LogP contribution in [0.5, 0.6) is 0 Å². The highest BCUT2D eigenvalue weighted by atomic mass is 35.5. The van der Waals surface area contributed by atoms with E-state index in [1.165, 1.54) is 24.3 Å². The van der Waals surface area contributed by atoms with Crippen LogP contribution in [-0.4, -0.2) is 28.5 Å². The molecule has 1 fully saturated rings. The molecule has 31 heavy (non-hydrogen) atoms. The van der Waals surface area contributed by atoms with Crippen LogP contribution < -0.4 is 10.2 Å². The second-order valence-corrected chi connectivity index (χ2v) is 8.51. The molecule has 2 atom stereocenters. The number of halogens is 4. The fourth-order valence-corrected chi connectivity index (χ4v) is 4.44. The fraction of sp³-hybridized carbons (Fsp3) is 0.190. The number of urea groups is 1. The van der Waals surface area contributed by atoms with Gasteiger partial charge in [-0.05, 0) is 59.8 Å². The SMILES string of the molecule is CC(c1ccnc2cccc(Cl)c12)C1NC(=O)N(c2ccc(SC(F)(F)F)cc2)C1=O. The Hall–Kier alpha value is -2.78. The zero-order valence-corrected chi connectivity index (χ0v) is 17.6. The van der Waals surface area contributed by atoms with Gasteiger partial charge in [-0.2, -0.15) is 13.2 Å². The lowest BCUT2D eigenvalue weighted by Gasteiger charge is -2.20. The average molecular weight is 466 g/mol. The van der Waals surface area contributed by atoms with Crippen LogP contribution in [0.15, 0.2) is 59.6 Å². The number of hydrogen-bond acceptors (Lipinski definition) is 4. The van der Waals surface area contributed by atoms with E-state index in [9.17, 15) is 22.8 Å². The van der Waals surface area contributed by atoms with Crippen molar-refractivity contribution in [1.29, 1.82) is 0 Å². The summed E-state index contributed by atoms with van der Waals surface area (Å²) in [6.45, 7) is 1.80. The van der Waals surface area contributed by atoms with Gasteiger partial charge in [0.15, 0.2) is 0 Å². The zero-order valence-electron chi connectivity index (χ0n) is 16.0. The van der Waals surface area contributed by atoms with Crippen LogP contribution >= 0.6 is 23.4 Å². The summed E-state index contributed by atoms with van der Waals surface area (Å²) in [7, 11) is 0. The molecule has 1 aliphatic rings. The first-order valence-electron chi connectivity index (χ1n) is 9.19. The van der Waals surface area contributed by atoms with Gasteiger partial charge >= 0.3 is 11.5 Å². The number of pyridine rings is 1. The molecule has 1 N–H and O–H groups in total. The Morgan fingerprint density at radius 1 is 1.13 bits per heavy atom. The van der Waals surface area contributed by atoms with E-state index < -0.39 is 29.4 Å². The summed E-state index contributed by atoms with van der Waals surface area (Å²) in [5, 5.41) is 3.86. The number of carbonyl (C=O) groups is 2. The van der Waals surface area contributed by atoms with Crippen LogP contribution in [0.3, 0.4) is 0 Å². The molecule has 1 saturated heterocycles. The van der Waals surface area contributed by atoms with E-state index in [1.807, 2.05) is 0 Å². The maximum absolute atomic E-state index is 13.1. The second kappa shape index (κ2) is 8.05. The van der Waals surface area contributed by atoms with Gasteiger partial charge in [-0.3, -0.25) is 9.78 Å². The number of alkyl halides is 3. The molecular formula is C21H15ClF3N3O2S. The Kier molecular flexibility index (Phi) is 5.57. The van der Waals surface area contributed by atoms with Crippen LogP contribution in [0.25, 0.3) is 10.9 Å². The number of anilines is 1. The quantitative estimate of drug-likeness (QED) is 0.395. The standard InChI is InChI=1S/C21H15ClF3N3O2S/c1-11(14-9-10-26-16-4-2-3-15(22)17(14)16)18-19(29)28(20(30)27-18)12-5-7-13(8-6-12)31-21(23,24)25/h2-11,18H,1H3,(H,27,30). The smallest absolute Gasteiger partial charge is 0.325 e. The molecule has 1 aromatic heterocycles. The molecule has 0 saturated carbocycles. The number of imide groups is 1. The van der Waals surface area contributed by atoms with Crippen molar-refractivity contribution in [2.24, 2.45) is 0 Å². The summed E-state index contributed by atoms with van der Waals surface area (Å²) in [5.41, 5.74) is -2.80. The molecule has 3 aromatic rings. The van der Waals surface area contributed by atoms with Crippen molar-refractivity contribution in [1.82, 2.24) is 10.3 Å². The molecule has 0 aliphatic carbocycles. The van der Waals surface area contributed by atoms with Gasteiger partial charge in [0.25, 0.3) is 5.91 Å². The summed E-state index contributed by atoms with van der Waals surface area (Å²) >= 11 is 6.09. The number of benzene rings is 2. The minimum Gasteiger partial charge on any atom is -0.325 e. The summed E-state index contributed by atoms with van der Waals surface area (Å²) in [4.78, 5) is 30.8. The van der Waals surface area contributed by atoms with E-state index >= 15 is 0 Å². The van der Waals surface area contributed by atoms with E-state index in [2.05, 4.69) is 10.3 Å². The molecule has 4 rings (SSSR count). The van der Waals surface area contributed by atoms with Crippen LogP contribution in [-0.2, 0) is 4.79 Å². The first-order valence-corrected chi connectivity index (χ1v) is 10.4. The number of nitrogens with one attached hydrogen (secondary N) is 1. The number of carbonyl (C=O) groups excluding carboxylic acids is 2. The minimum absolute atomic E-state index is 0.0360. The Labute approximate surface area is 184 Å². The van der Waals surface area contributed by atoms with Crippen molar-refractivity contribution >= 4 is 51.9 Å². The third-order valence-electron chi connectivity index (χ3n) is 5.04. The van der Waals surface area contributed by atoms with Crippen molar-refractivity contribution in [2.45, 2.75) is 29.3 Å². The van der Waals surface area contributed by atoms with Crippen molar-refractivity contribution in [3.05, 3.63) is 65.3 Å². The molecule has 2 heterocycles. The predicted octanol–water partition coefficient (Wildman–Crippen LogP) is 5.73. The lowest BCUT2D eigenvalue weighted by atomic mass is 9.90. The highest BCUT2D eigenvalue weighted by Gasteiger charge is 2.42. The number of rotatable bonds is 4.